The van der Waals surface area contributed by atoms with Crippen molar-refractivity contribution in [2.75, 3.05) is 20.6 Å². The summed E-state index contributed by atoms with van der Waals surface area (Å²) in [5.41, 5.74) is 0. The minimum absolute atomic E-state index is 0. The topological polar surface area (TPSA) is 40.5 Å². The molecule has 0 spiro atoms. The summed E-state index contributed by atoms with van der Waals surface area (Å²) in [5, 5.41) is 7.42. The fraction of sp³-hybridized carbons (Fsp3) is 0.857. The van der Waals surface area contributed by atoms with Crippen molar-refractivity contribution < 1.29 is 14.6 Å². The first-order chi connectivity index (χ1) is 4.50. The van der Waals surface area contributed by atoms with Gasteiger partial charge in [-0.2, -0.15) is 0 Å². The Balaban J connectivity index is -0.000000114. The highest BCUT2D eigenvalue weighted by molar-refractivity contribution is 5.62. The number of carboxylic acids is 1. The molecule has 0 rings (SSSR count). The van der Waals surface area contributed by atoms with Crippen LogP contribution in [-0.2, 0) is 4.79 Å². The van der Waals surface area contributed by atoms with Crippen molar-refractivity contribution in [3.05, 3.63) is 0 Å². The van der Waals surface area contributed by atoms with Crippen LogP contribution in [0.2, 0.25) is 0 Å². The third kappa shape index (κ3) is 91.0. The highest BCUT2D eigenvalue weighted by atomic mass is 19.0. The monoisotopic (exact) mass is 167 g/mol. The first kappa shape index (κ1) is 16.8. The Bertz CT molecular complexity index is 82.5. The second-order valence-corrected chi connectivity index (χ2v) is 2.32. The van der Waals surface area contributed by atoms with Crippen molar-refractivity contribution in [2.45, 2.75) is 20.3 Å². The van der Waals surface area contributed by atoms with Crippen LogP contribution in [0.25, 0.3) is 0 Å². The van der Waals surface area contributed by atoms with Crippen molar-refractivity contribution in [1.82, 2.24) is 4.90 Å². The second kappa shape index (κ2) is 12.1. The molecule has 0 bridgehead atoms. The summed E-state index contributed by atoms with van der Waals surface area (Å²) < 4.78 is 0. The molecule has 0 amide bonds. The molecule has 0 aliphatic heterocycles. The van der Waals surface area contributed by atoms with Crippen molar-refractivity contribution in [3.63, 3.8) is 0 Å². The van der Waals surface area contributed by atoms with Crippen molar-refractivity contribution in [1.29, 1.82) is 0 Å². The van der Waals surface area contributed by atoms with Gasteiger partial charge < -0.3 is 10.0 Å². The summed E-state index contributed by atoms with van der Waals surface area (Å²) in [6.45, 7) is 4.47. The fourth-order valence-electron chi connectivity index (χ4n) is 0.447. The molecule has 11 heavy (non-hydrogen) atoms. The van der Waals surface area contributed by atoms with Crippen LogP contribution in [0.1, 0.15) is 20.3 Å². The van der Waals surface area contributed by atoms with Gasteiger partial charge in [-0.15, -0.1) is 0 Å². The number of hydrogen-bond donors (Lipinski definition) is 1. The first-order valence-electron chi connectivity index (χ1n) is 3.35. The summed E-state index contributed by atoms with van der Waals surface area (Å²) in [7, 11) is 4.17. The molecule has 0 fully saturated rings. The average Bonchev–Trinajstić information content (AvgIpc) is 1.62. The summed E-state index contributed by atoms with van der Waals surface area (Å²) >= 11 is 0. The van der Waals surface area contributed by atoms with E-state index < -0.39 is 5.97 Å². The zero-order valence-electron chi connectivity index (χ0n) is 7.63. The lowest BCUT2D eigenvalue weighted by Crippen LogP contribution is -2.11. The van der Waals surface area contributed by atoms with Crippen LogP contribution in [0.3, 0.4) is 0 Å². The standard InChI is InChI=1S/C5H13N.C2H4O2.FH/c1-4-5-6(2)3;1-2(3)4;/h4-5H2,1-3H3;1H3,(H,3,4);1H. The molecule has 3 nitrogen and oxygen atoms in total. The molecule has 0 saturated heterocycles. The van der Waals surface area contributed by atoms with Crippen molar-refractivity contribution in [3.8, 4) is 0 Å². The van der Waals surface area contributed by atoms with E-state index in [1.807, 2.05) is 0 Å². The maximum Gasteiger partial charge on any atom is 0.300 e. The third-order valence-electron chi connectivity index (χ3n) is 0.671. The molecule has 4 heteroatoms. The SMILES string of the molecule is CC(=O)O.CCCN(C)C.F. The van der Waals surface area contributed by atoms with Crippen LogP contribution in [0, 0.1) is 0 Å². The average molecular weight is 167 g/mol. The molecule has 0 atom stereocenters. The largest absolute Gasteiger partial charge is 0.481 e. The van der Waals surface area contributed by atoms with Crippen LogP contribution in [-0.4, -0.2) is 36.6 Å². The number of rotatable bonds is 2. The number of aliphatic carboxylic acids is 1. The summed E-state index contributed by atoms with van der Waals surface area (Å²) in [6.07, 6.45) is 1.26. The van der Waals surface area contributed by atoms with Gasteiger partial charge in [-0.05, 0) is 27.1 Å². The van der Waals surface area contributed by atoms with E-state index in [0.29, 0.717) is 0 Å². The highest BCUT2D eigenvalue weighted by Crippen LogP contribution is 1.76. The molecule has 0 aromatic heterocycles. The maximum absolute atomic E-state index is 9.00. The number of carboxylic acid groups (broad SMARTS) is 1. The van der Waals surface area contributed by atoms with E-state index in [0.717, 1.165) is 6.92 Å². The highest BCUT2D eigenvalue weighted by Gasteiger charge is 1.79. The van der Waals surface area contributed by atoms with Gasteiger partial charge in [-0.25, -0.2) is 0 Å². The Morgan fingerprint density at radius 3 is 1.73 bits per heavy atom. The van der Waals surface area contributed by atoms with E-state index in [1.165, 1.54) is 13.0 Å². The van der Waals surface area contributed by atoms with Gasteiger partial charge in [0.25, 0.3) is 5.97 Å². The molecule has 0 heterocycles. The van der Waals surface area contributed by atoms with Crippen molar-refractivity contribution >= 4 is 5.97 Å². The summed E-state index contributed by atoms with van der Waals surface area (Å²) in [6, 6.07) is 0. The van der Waals surface area contributed by atoms with Crippen LogP contribution < -0.4 is 0 Å². The van der Waals surface area contributed by atoms with E-state index in [4.69, 9.17) is 9.90 Å². The predicted octanol–water partition coefficient (Wildman–Crippen LogP) is 1.20. The molecular weight excluding hydrogens is 149 g/mol. The molecule has 1 N–H and O–H groups in total. The molecule has 0 aromatic carbocycles. The number of carbonyl (C=O) groups is 1. The molecule has 0 unspecified atom stereocenters. The van der Waals surface area contributed by atoms with Gasteiger partial charge in [0.2, 0.25) is 0 Å². The van der Waals surface area contributed by atoms with E-state index in [-0.39, 0.29) is 4.70 Å². The molecule has 70 valence electrons. The van der Waals surface area contributed by atoms with Gasteiger partial charge in [-0.3, -0.25) is 9.50 Å². The molecule has 0 aliphatic carbocycles. The number of halogens is 1. The Labute approximate surface area is 67.4 Å². The Kier molecular flexibility index (Phi) is 18.4. The zero-order valence-corrected chi connectivity index (χ0v) is 7.63. The van der Waals surface area contributed by atoms with Gasteiger partial charge in [0.15, 0.2) is 0 Å². The Morgan fingerprint density at radius 2 is 1.73 bits per heavy atom. The van der Waals surface area contributed by atoms with E-state index in [9.17, 15) is 0 Å². The Hall–Kier alpha value is -0.640. The number of nitrogens with zero attached hydrogens (tertiary/aromatic N) is 1. The molecule has 0 saturated carbocycles. The van der Waals surface area contributed by atoms with E-state index in [1.54, 1.807) is 0 Å². The smallest absolute Gasteiger partial charge is 0.300 e. The van der Waals surface area contributed by atoms with Crippen LogP contribution >= 0.6 is 0 Å². The second-order valence-electron chi connectivity index (χ2n) is 2.32. The van der Waals surface area contributed by atoms with Gasteiger partial charge in [-0.1, -0.05) is 6.92 Å². The van der Waals surface area contributed by atoms with Crippen LogP contribution in [0.15, 0.2) is 0 Å². The van der Waals surface area contributed by atoms with Gasteiger partial charge >= 0.3 is 0 Å². The van der Waals surface area contributed by atoms with Gasteiger partial charge in [0.1, 0.15) is 0 Å². The molecular formula is C7H18FNO2. The van der Waals surface area contributed by atoms with Crippen LogP contribution in [0.5, 0.6) is 0 Å². The maximum atomic E-state index is 9.00. The third-order valence-corrected chi connectivity index (χ3v) is 0.671. The van der Waals surface area contributed by atoms with E-state index in [2.05, 4.69) is 25.9 Å². The lowest BCUT2D eigenvalue weighted by Gasteiger charge is -2.03. The summed E-state index contributed by atoms with van der Waals surface area (Å²) in [4.78, 5) is 11.2. The molecule has 0 radical (unpaired) electrons. The first-order valence-corrected chi connectivity index (χ1v) is 3.35. The minimum Gasteiger partial charge on any atom is -0.481 e. The number of hydrogen-bond acceptors (Lipinski definition) is 2. The van der Waals surface area contributed by atoms with Crippen molar-refractivity contribution in [2.24, 2.45) is 0 Å². The summed E-state index contributed by atoms with van der Waals surface area (Å²) in [5.74, 6) is -0.833. The van der Waals surface area contributed by atoms with E-state index >= 15 is 0 Å². The lowest BCUT2D eigenvalue weighted by atomic mass is 10.5. The fourth-order valence-corrected chi connectivity index (χ4v) is 0.447. The van der Waals surface area contributed by atoms with Gasteiger partial charge in [0.05, 0.1) is 0 Å². The normalized spacial score (nSPS) is 7.73. The Morgan fingerprint density at radius 1 is 1.45 bits per heavy atom. The molecule has 0 aromatic rings. The zero-order chi connectivity index (χ0) is 8.57. The van der Waals surface area contributed by atoms with Crippen LogP contribution in [0.4, 0.5) is 4.70 Å². The predicted molar refractivity (Wildman–Crippen MR) is 44.7 cm³/mol. The quantitative estimate of drug-likeness (QED) is 0.671. The molecule has 0 aliphatic rings. The van der Waals surface area contributed by atoms with Gasteiger partial charge in [0, 0.05) is 6.92 Å². The lowest BCUT2D eigenvalue weighted by molar-refractivity contribution is -0.134. The minimum atomic E-state index is -0.833.